The monoisotopic (exact) mass is 199 g/mol. The molecule has 0 unspecified atom stereocenters. The Hall–Kier alpha value is -0.570. The maximum atomic E-state index is 10.7. The highest BCUT2D eigenvalue weighted by molar-refractivity contribution is 5.70. The molecule has 3 heteroatoms. The van der Waals surface area contributed by atoms with E-state index in [1.54, 1.807) is 0 Å². The van der Waals surface area contributed by atoms with Crippen molar-refractivity contribution in [2.24, 2.45) is 5.92 Å². The van der Waals surface area contributed by atoms with Gasteiger partial charge in [-0.2, -0.15) is 0 Å². The normalized spacial score (nSPS) is 27.5. The summed E-state index contributed by atoms with van der Waals surface area (Å²) >= 11 is 0. The molecule has 0 bridgehead atoms. The van der Waals surface area contributed by atoms with Crippen molar-refractivity contribution in [1.82, 2.24) is 5.32 Å². The molecule has 14 heavy (non-hydrogen) atoms. The largest absolute Gasteiger partial charge is 0.481 e. The van der Waals surface area contributed by atoms with Crippen molar-refractivity contribution in [1.29, 1.82) is 0 Å². The smallest absolute Gasteiger partial charge is 0.306 e. The number of unbranched alkanes of at least 4 members (excludes halogenated alkanes) is 1. The predicted molar refractivity (Wildman–Crippen MR) is 56.3 cm³/mol. The Morgan fingerprint density at radius 3 is 2.50 bits per heavy atom. The third-order valence-corrected chi connectivity index (χ3v) is 3.04. The minimum Gasteiger partial charge on any atom is -0.481 e. The van der Waals surface area contributed by atoms with Crippen LogP contribution < -0.4 is 5.32 Å². The van der Waals surface area contributed by atoms with Crippen molar-refractivity contribution in [3.8, 4) is 0 Å². The molecule has 0 saturated heterocycles. The van der Waals surface area contributed by atoms with E-state index in [4.69, 9.17) is 5.11 Å². The lowest BCUT2D eigenvalue weighted by Crippen LogP contribution is -2.35. The number of aliphatic carboxylic acids is 1. The maximum absolute atomic E-state index is 10.7. The van der Waals surface area contributed by atoms with Crippen molar-refractivity contribution in [2.45, 2.75) is 51.5 Å². The number of hydrogen-bond acceptors (Lipinski definition) is 2. The molecule has 0 aromatic carbocycles. The summed E-state index contributed by atoms with van der Waals surface area (Å²) in [5, 5.41) is 12.3. The summed E-state index contributed by atoms with van der Waals surface area (Å²) in [7, 11) is 0. The van der Waals surface area contributed by atoms with Crippen LogP contribution in [0.4, 0.5) is 0 Å². The molecule has 0 aromatic heterocycles. The molecule has 1 aliphatic rings. The molecule has 0 spiro atoms. The molecule has 82 valence electrons. The van der Waals surface area contributed by atoms with E-state index in [9.17, 15) is 4.79 Å². The van der Waals surface area contributed by atoms with Crippen molar-refractivity contribution in [3.63, 3.8) is 0 Å². The Balaban J connectivity index is 2.12. The third-order valence-electron chi connectivity index (χ3n) is 3.04. The molecule has 0 atom stereocenters. The third kappa shape index (κ3) is 3.66. The first-order valence-electron chi connectivity index (χ1n) is 5.70. The minimum atomic E-state index is -0.614. The van der Waals surface area contributed by atoms with Gasteiger partial charge in [0.25, 0.3) is 0 Å². The summed E-state index contributed by atoms with van der Waals surface area (Å²) in [6.07, 6.45) is 6.19. The minimum absolute atomic E-state index is 0.0841. The van der Waals surface area contributed by atoms with Gasteiger partial charge in [-0.3, -0.25) is 4.79 Å². The van der Waals surface area contributed by atoms with Gasteiger partial charge < -0.3 is 10.4 Å². The highest BCUT2D eigenvalue weighted by Gasteiger charge is 2.25. The molecule has 3 nitrogen and oxygen atoms in total. The van der Waals surface area contributed by atoms with E-state index in [2.05, 4.69) is 12.2 Å². The lowest BCUT2D eigenvalue weighted by molar-refractivity contribution is -0.142. The Bertz CT molecular complexity index is 174. The summed E-state index contributed by atoms with van der Waals surface area (Å²) in [5.74, 6) is -0.698. The van der Waals surface area contributed by atoms with E-state index in [-0.39, 0.29) is 5.92 Å². The maximum Gasteiger partial charge on any atom is 0.306 e. The molecule has 0 aromatic rings. The van der Waals surface area contributed by atoms with Gasteiger partial charge in [0.05, 0.1) is 5.92 Å². The zero-order valence-electron chi connectivity index (χ0n) is 8.96. The van der Waals surface area contributed by atoms with Crippen LogP contribution in [0.3, 0.4) is 0 Å². The summed E-state index contributed by atoms with van der Waals surface area (Å²) in [5.41, 5.74) is 0. The van der Waals surface area contributed by atoms with Gasteiger partial charge in [0.1, 0.15) is 0 Å². The zero-order chi connectivity index (χ0) is 10.4. The van der Waals surface area contributed by atoms with Crippen LogP contribution in [0.25, 0.3) is 0 Å². The van der Waals surface area contributed by atoms with Gasteiger partial charge in [-0.25, -0.2) is 0 Å². The van der Waals surface area contributed by atoms with Gasteiger partial charge >= 0.3 is 5.97 Å². The van der Waals surface area contributed by atoms with E-state index < -0.39 is 5.97 Å². The van der Waals surface area contributed by atoms with Crippen LogP contribution in [0.15, 0.2) is 0 Å². The molecular weight excluding hydrogens is 178 g/mol. The molecule has 0 heterocycles. The van der Waals surface area contributed by atoms with Crippen LogP contribution in [0.5, 0.6) is 0 Å². The first-order valence-corrected chi connectivity index (χ1v) is 5.70. The molecule has 2 N–H and O–H groups in total. The lowest BCUT2D eigenvalue weighted by Gasteiger charge is -2.26. The van der Waals surface area contributed by atoms with E-state index in [1.165, 1.54) is 12.8 Å². The number of carboxylic acids is 1. The molecule has 1 aliphatic carbocycles. The first kappa shape index (κ1) is 11.5. The standard InChI is InChI=1S/C11H21NO2/c1-2-3-8-12-10-6-4-9(5-7-10)11(13)14/h9-10,12H,2-8H2,1H3,(H,13,14). The summed E-state index contributed by atoms with van der Waals surface area (Å²) in [6, 6.07) is 0.567. The Kier molecular flexibility index (Phi) is 4.94. The van der Waals surface area contributed by atoms with Crippen LogP contribution in [0.1, 0.15) is 45.4 Å². The molecular formula is C11H21NO2. The second-order valence-electron chi connectivity index (χ2n) is 4.19. The number of carbonyl (C=O) groups is 1. The number of carboxylic acid groups (broad SMARTS) is 1. The highest BCUT2D eigenvalue weighted by atomic mass is 16.4. The summed E-state index contributed by atoms with van der Waals surface area (Å²) < 4.78 is 0. The van der Waals surface area contributed by atoms with Gasteiger partial charge in [0.15, 0.2) is 0 Å². The predicted octanol–water partition coefficient (Wildman–Crippen LogP) is 2.02. The van der Waals surface area contributed by atoms with Gasteiger partial charge in [-0.1, -0.05) is 13.3 Å². The van der Waals surface area contributed by atoms with Gasteiger partial charge in [0, 0.05) is 6.04 Å². The first-order chi connectivity index (χ1) is 6.74. The second-order valence-corrected chi connectivity index (χ2v) is 4.19. The summed E-state index contributed by atoms with van der Waals surface area (Å²) in [4.78, 5) is 10.7. The van der Waals surface area contributed by atoms with Gasteiger partial charge in [0.2, 0.25) is 0 Å². The van der Waals surface area contributed by atoms with Crippen LogP contribution in [0.2, 0.25) is 0 Å². The van der Waals surface area contributed by atoms with Crippen molar-refractivity contribution in [3.05, 3.63) is 0 Å². The lowest BCUT2D eigenvalue weighted by atomic mass is 9.86. The van der Waals surface area contributed by atoms with Crippen LogP contribution >= 0.6 is 0 Å². The zero-order valence-corrected chi connectivity index (χ0v) is 8.96. The highest BCUT2D eigenvalue weighted by Crippen LogP contribution is 2.24. The molecule has 0 amide bonds. The summed E-state index contributed by atoms with van der Waals surface area (Å²) in [6.45, 7) is 3.27. The Morgan fingerprint density at radius 1 is 1.36 bits per heavy atom. The average molecular weight is 199 g/mol. The number of hydrogen-bond donors (Lipinski definition) is 2. The van der Waals surface area contributed by atoms with E-state index in [0.29, 0.717) is 6.04 Å². The van der Waals surface area contributed by atoms with Crippen LogP contribution in [-0.4, -0.2) is 23.7 Å². The van der Waals surface area contributed by atoms with E-state index in [1.807, 2.05) is 0 Å². The average Bonchev–Trinajstić information content (AvgIpc) is 2.19. The van der Waals surface area contributed by atoms with Crippen molar-refractivity contribution in [2.75, 3.05) is 6.54 Å². The molecule has 1 fully saturated rings. The van der Waals surface area contributed by atoms with Crippen molar-refractivity contribution >= 4 is 5.97 Å². The van der Waals surface area contributed by atoms with E-state index in [0.717, 1.165) is 32.2 Å². The molecule has 0 radical (unpaired) electrons. The molecule has 0 aliphatic heterocycles. The fourth-order valence-corrected chi connectivity index (χ4v) is 2.03. The quantitative estimate of drug-likeness (QED) is 0.666. The van der Waals surface area contributed by atoms with E-state index >= 15 is 0 Å². The Labute approximate surface area is 85.9 Å². The fourth-order valence-electron chi connectivity index (χ4n) is 2.03. The SMILES string of the molecule is CCCCNC1CCC(C(=O)O)CC1. The van der Waals surface area contributed by atoms with Crippen LogP contribution in [0, 0.1) is 5.92 Å². The molecule has 1 saturated carbocycles. The number of rotatable bonds is 5. The topological polar surface area (TPSA) is 49.3 Å². The Morgan fingerprint density at radius 2 is 2.00 bits per heavy atom. The second kappa shape index (κ2) is 6.02. The van der Waals surface area contributed by atoms with Gasteiger partial charge in [-0.05, 0) is 38.6 Å². The van der Waals surface area contributed by atoms with Crippen molar-refractivity contribution < 1.29 is 9.90 Å². The molecule has 1 rings (SSSR count). The van der Waals surface area contributed by atoms with Gasteiger partial charge in [-0.15, -0.1) is 0 Å². The van der Waals surface area contributed by atoms with Crippen LogP contribution in [-0.2, 0) is 4.79 Å². The fraction of sp³-hybridized carbons (Fsp3) is 0.909. The number of nitrogens with one attached hydrogen (secondary N) is 1.